The highest BCUT2D eigenvalue weighted by Crippen LogP contribution is 2.30. The van der Waals surface area contributed by atoms with Crippen molar-refractivity contribution < 1.29 is 8.42 Å². The summed E-state index contributed by atoms with van der Waals surface area (Å²) < 4.78 is 30.2. The molecule has 29 heavy (non-hydrogen) atoms. The number of hydrogen-bond donors (Lipinski definition) is 1. The van der Waals surface area contributed by atoms with Crippen molar-refractivity contribution in [2.75, 3.05) is 4.72 Å². The standard InChI is InChI=1S/C20H22Cl2N4O2S/c1-11-12(2)14(4)19(15(5)13(11)3)29(27,28)25-20-23-10-26(24-20)9-16-17(21)7-6-8-18(16)22/h6-8,10H,9H2,1-5H3,(H,24,25). The van der Waals surface area contributed by atoms with Gasteiger partial charge in [0.05, 0.1) is 11.4 Å². The zero-order valence-corrected chi connectivity index (χ0v) is 19.2. The Bertz CT molecular complexity index is 1150. The molecule has 0 unspecified atom stereocenters. The molecule has 0 bridgehead atoms. The third kappa shape index (κ3) is 4.13. The largest absolute Gasteiger partial charge is 0.264 e. The van der Waals surface area contributed by atoms with E-state index in [-0.39, 0.29) is 17.4 Å². The number of hydrogen-bond acceptors (Lipinski definition) is 4. The molecule has 1 aromatic heterocycles. The van der Waals surface area contributed by atoms with Crippen LogP contribution in [0.4, 0.5) is 5.95 Å². The minimum atomic E-state index is -3.85. The van der Waals surface area contributed by atoms with E-state index in [9.17, 15) is 8.42 Å². The number of sulfonamides is 1. The van der Waals surface area contributed by atoms with Crippen LogP contribution in [0.1, 0.15) is 33.4 Å². The van der Waals surface area contributed by atoms with Crippen LogP contribution in [0.2, 0.25) is 10.0 Å². The molecule has 1 heterocycles. The van der Waals surface area contributed by atoms with Crippen LogP contribution >= 0.6 is 23.2 Å². The molecule has 6 nitrogen and oxygen atoms in total. The molecule has 0 radical (unpaired) electrons. The topological polar surface area (TPSA) is 76.9 Å². The molecule has 3 rings (SSSR count). The lowest BCUT2D eigenvalue weighted by Gasteiger charge is -2.18. The maximum atomic E-state index is 13.1. The first-order chi connectivity index (χ1) is 13.5. The second-order valence-electron chi connectivity index (χ2n) is 7.03. The first kappa shape index (κ1) is 21.6. The molecular formula is C20H22Cl2N4O2S. The van der Waals surface area contributed by atoms with Crippen molar-refractivity contribution in [2.24, 2.45) is 0 Å². The van der Waals surface area contributed by atoms with Gasteiger partial charge in [0, 0.05) is 15.6 Å². The van der Waals surface area contributed by atoms with Crippen molar-refractivity contribution in [3.63, 3.8) is 0 Å². The molecule has 3 aromatic rings. The van der Waals surface area contributed by atoms with Gasteiger partial charge < -0.3 is 0 Å². The molecule has 0 atom stereocenters. The molecule has 154 valence electrons. The Labute approximate surface area is 180 Å². The van der Waals surface area contributed by atoms with E-state index in [0.29, 0.717) is 15.6 Å². The number of aromatic nitrogens is 3. The molecule has 9 heteroatoms. The third-order valence-electron chi connectivity index (χ3n) is 5.34. The maximum absolute atomic E-state index is 13.1. The lowest BCUT2D eigenvalue weighted by molar-refractivity contribution is 0.599. The van der Waals surface area contributed by atoms with E-state index in [4.69, 9.17) is 23.2 Å². The summed E-state index contributed by atoms with van der Waals surface area (Å²) in [6.07, 6.45) is 1.43. The van der Waals surface area contributed by atoms with Gasteiger partial charge >= 0.3 is 0 Å². The molecule has 0 aliphatic rings. The van der Waals surface area contributed by atoms with Gasteiger partial charge in [-0.3, -0.25) is 0 Å². The molecule has 0 saturated heterocycles. The van der Waals surface area contributed by atoms with Gasteiger partial charge in [0.1, 0.15) is 6.33 Å². The zero-order chi connectivity index (χ0) is 21.5. The summed E-state index contributed by atoms with van der Waals surface area (Å²) in [6.45, 7) is 9.75. The van der Waals surface area contributed by atoms with Crippen molar-refractivity contribution in [1.29, 1.82) is 0 Å². The normalized spacial score (nSPS) is 11.7. The monoisotopic (exact) mass is 452 g/mol. The fourth-order valence-corrected chi connectivity index (χ4v) is 5.37. The van der Waals surface area contributed by atoms with E-state index in [2.05, 4.69) is 14.8 Å². The van der Waals surface area contributed by atoms with Gasteiger partial charge in [-0.05, 0) is 74.6 Å². The first-order valence-corrected chi connectivity index (χ1v) is 11.2. The Morgan fingerprint density at radius 1 is 0.931 bits per heavy atom. The zero-order valence-electron chi connectivity index (χ0n) is 16.8. The van der Waals surface area contributed by atoms with Crippen molar-refractivity contribution in [3.05, 3.63) is 68.0 Å². The summed E-state index contributed by atoms with van der Waals surface area (Å²) in [7, 11) is -3.85. The fourth-order valence-electron chi connectivity index (χ4n) is 3.30. The third-order valence-corrected chi connectivity index (χ3v) is 7.65. The second kappa shape index (κ2) is 7.97. The summed E-state index contributed by atoms with van der Waals surface area (Å²) in [5, 5.41) is 5.23. The maximum Gasteiger partial charge on any atom is 0.264 e. The highest BCUT2D eigenvalue weighted by atomic mass is 35.5. The highest BCUT2D eigenvalue weighted by Gasteiger charge is 2.25. The second-order valence-corrected chi connectivity index (χ2v) is 9.46. The molecule has 0 saturated carbocycles. The predicted octanol–water partition coefficient (Wildman–Crippen LogP) is 4.98. The summed E-state index contributed by atoms with van der Waals surface area (Å²) in [5.41, 5.74) is 5.14. The van der Waals surface area contributed by atoms with Crippen LogP contribution < -0.4 is 4.72 Å². The van der Waals surface area contributed by atoms with Crippen LogP contribution in [0.5, 0.6) is 0 Å². The van der Waals surface area contributed by atoms with Crippen LogP contribution in [0.3, 0.4) is 0 Å². The van der Waals surface area contributed by atoms with Gasteiger partial charge in [0.25, 0.3) is 16.0 Å². The van der Waals surface area contributed by atoms with Crippen molar-refractivity contribution >= 4 is 39.2 Å². The van der Waals surface area contributed by atoms with Crippen LogP contribution in [0.25, 0.3) is 0 Å². The van der Waals surface area contributed by atoms with Crippen LogP contribution in [0, 0.1) is 34.6 Å². The average molecular weight is 453 g/mol. The van der Waals surface area contributed by atoms with E-state index in [1.165, 1.54) is 11.0 Å². The molecule has 0 aliphatic heterocycles. The SMILES string of the molecule is Cc1c(C)c(C)c(S(=O)(=O)Nc2ncn(Cc3c(Cl)cccc3Cl)n2)c(C)c1C. The van der Waals surface area contributed by atoms with Crippen molar-refractivity contribution in [3.8, 4) is 0 Å². The van der Waals surface area contributed by atoms with Crippen molar-refractivity contribution in [2.45, 2.75) is 46.1 Å². The number of benzene rings is 2. The van der Waals surface area contributed by atoms with Gasteiger partial charge in [0.15, 0.2) is 0 Å². The summed E-state index contributed by atoms with van der Waals surface area (Å²) in [6, 6.07) is 5.22. The lowest BCUT2D eigenvalue weighted by atomic mass is 9.95. The predicted molar refractivity (Wildman–Crippen MR) is 117 cm³/mol. The Morgan fingerprint density at radius 2 is 1.45 bits per heavy atom. The molecule has 1 N–H and O–H groups in total. The van der Waals surface area contributed by atoms with E-state index >= 15 is 0 Å². The Kier molecular flexibility index (Phi) is 5.94. The van der Waals surface area contributed by atoms with Crippen LogP contribution in [-0.4, -0.2) is 23.2 Å². The number of rotatable bonds is 5. The van der Waals surface area contributed by atoms with E-state index < -0.39 is 10.0 Å². The fraction of sp³-hybridized carbons (Fsp3) is 0.300. The van der Waals surface area contributed by atoms with E-state index in [1.54, 1.807) is 18.2 Å². The van der Waals surface area contributed by atoms with Gasteiger partial charge in [-0.2, -0.15) is 4.98 Å². The molecule has 0 aliphatic carbocycles. The molecule has 2 aromatic carbocycles. The van der Waals surface area contributed by atoms with Gasteiger partial charge in [-0.25, -0.2) is 17.8 Å². The van der Waals surface area contributed by atoms with Gasteiger partial charge in [0.2, 0.25) is 0 Å². The lowest BCUT2D eigenvalue weighted by Crippen LogP contribution is -2.18. The Balaban J connectivity index is 1.92. The van der Waals surface area contributed by atoms with E-state index in [1.807, 2.05) is 34.6 Å². The smallest absolute Gasteiger partial charge is 0.246 e. The number of halogens is 2. The van der Waals surface area contributed by atoms with Gasteiger partial charge in [-0.1, -0.05) is 29.3 Å². The number of nitrogens with zero attached hydrogens (tertiary/aromatic N) is 3. The molecule has 0 amide bonds. The minimum Gasteiger partial charge on any atom is -0.246 e. The summed E-state index contributed by atoms with van der Waals surface area (Å²) in [5.74, 6) is -0.0112. The Hall–Kier alpha value is -2.09. The summed E-state index contributed by atoms with van der Waals surface area (Å²) >= 11 is 12.4. The van der Waals surface area contributed by atoms with E-state index in [0.717, 1.165) is 27.8 Å². The van der Waals surface area contributed by atoms with Crippen molar-refractivity contribution in [1.82, 2.24) is 14.8 Å². The van der Waals surface area contributed by atoms with Gasteiger partial charge in [-0.15, -0.1) is 5.10 Å². The number of anilines is 1. The first-order valence-electron chi connectivity index (χ1n) is 8.95. The summed E-state index contributed by atoms with van der Waals surface area (Å²) in [4.78, 5) is 4.35. The molecule has 0 fully saturated rings. The minimum absolute atomic E-state index is 0.0112. The van der Waals surface area contributed by atoms with Crippen LogP contribution in [-0.2, 0) is 16.6 Å². The highest BCUT2D eigenvalue weighted by molar-refractivity contribution is 7.92. The average Bonchev–Trinajstić information content (AvgIpc) is 3.07. The molecule has 0 spiro atoms. The molecular weight excluding hydrogens is 431 g/mol. The quantitative estimate of drug-likeness (QED) is 0.592. The van der Waals surface area contributed by atoms with Crippen LogP contribution in [0.15, 0.2) is 29.4 Å². The number of nitrogens with one attached hydrogen (secondary N) is 1. The Morgan fingerprint density at radius 3 is 2.00 bits per heavy atom.